The molecule has 11 nitrogen and oxygen atoms in total. The summed E-state index contributed by atoms with van der Waals surface area (Å²) < 4.78 is 11.5. The number of aromatic nitrogens is 3. The summed E-state index contributed by atoms with van der Waals surface area (Å²) >= 11 is 0. The number of nitrogens with one attached hydrogen (secondary N) is 2. The molecule has 47 heavy (non-hydrogen) atoms. The van der Waals surface area contributed by atoms with Gasteiger partial charge in [0, 0.05) is 67.8 Å². The molecule has 3 fully saturated rings. The lowest BCUT2D eigenvalue weighted by Gasteiger charge is -2.39. The molecule has 1 aromatic carbocycles. The molecule has 5 atom stereocenters. The van der Waals surface area contributed by atoms with Crippen LogP contribution in [0.4, 0.5) is 5.95 Å². The Balaban J connectivity index is 1.14. The van der Waals surface area contributed by atoms with Gasteiger partial charge < -0.3 is 25.0 Å². The Kier molecular flexibility index (Phi) is 10.2. The largest absolute Gasteiger partial charge is 0.487 e. The number of carbonyl (C=O) groups is 1. The van der Waals surface area contributed by atoms with E-state index >= 15 is 0 Å². The predicted octanol–water partition coefficient (Wildman–Crippen LogP) is 3.70. The minimum absolute atomic E-state index is 0.0139. The molecule has 6 rings (SSSR count). The van der Waals surface area contributed by atoms with E-state index in [1.54, 1.807) is 12.1 Å². The zero-order chi connectivity index (χ0) is 32.9. The summed E-state index contributed by atoms with van der Waals surface area (Å²) in [5.74, 6) is 9.68. The lowest BCUT2D eigenvalue weighted by Crippen LogP contribution is -2.50. The van der Waals surface area contributed by atoms with Crippen LogP contribution < -0.4 is 15.4 Å². The van der Waals surface area contributed by atoms with Gasteiger partial charge in [0.25, 0.3) is 0 Å². The number of amides is 1. The van der Waals surface area contributed by atoms with Crippen molar-refractivity contribution in [1.29, 1.82) is 5.26 Å². The molecule has 1 amide bonds. The number of benzene rings is 1. The Hall–Kier alpha value is -4.19. The highest BCUT2D eigenvalue weighted by Crippen LogP contribution is 2.38. The van der Waals surface area contributed by atoms with Crippen LogP contribution in [0.3, 0.4) is 0 Å². The lowest BCUT2D eigenvalue weighted by molar-refractivity contribution is -0.123. The number of hydrogen-bond donors (Lipinski definition) is 2. The van der Waals surface area contributed by atoms with E-state index in [1.165, 1.54) is 12.0 Å². The molecule has 248 valence electrons. The Morgan fingerprint density at radius 3 is 2.74 bits per heavy atom. The van der Waals surface area contributed by atoms with Crippen LogP contribution in [0, 0.1) is 46.8 Å². The fraction of sp³-hybridized carbons (Fsp3) is 0.583. The minimum atomic E-state index is -0.168. The summed E-state index contributed by atoms with van der Waals surface area (Å²) in [6, 6.07) is 8.15. The molecule has 0 spiro atoms. The fourth-order valence-electron chi connectivity index (χ4n) is 7.42. The van der Waals surface area contributed by atoms with Crippen molar-refractivity contribution in [1.82, 2.24) is 30.1 Å². The molecule has 1 aliphatic carbocycles. The fourth-order valence-corrected chi connectivity index (χ4v) is 7.42. The molecule has 4 heterocycles. The average molecular weight is 639 g/mol. The topological polar surface area (TPSA) is 129 Å². The maximum Gasteiger partial charge on any atom is 0.226 e. The van der Waals surface area contributed by atoms with E-state index in [9.17, 15) is 10.1 Å². The third-order valence-corrected chi connectivity index (χ3v) is 10.1. The van der Waals surface area contributed by atoms with Crippen LogP contribution in [-0.4, -0.2) is 94.8 Å². The SMILES string of the molecule is CC(C)C1C(C)C(N2CCCN(C3COC3)CC2)=CC#CC1[C@@H](C)Nc1ncnc(-c2ccc(O[C@@H]3CCC(=O)NC3)c(C#N)c2)n1. The van der Waals surface area contributed by atoms with E-state index in [0.29, 0.717) is 71.8 Å². The van der Waals surface area contributed by atoms with Crippen LogP contribution in [0.15, 0.2) is 36.3 Å². The second kappa shape index (κ2) is 14.7. The van der Waals surface area contributed by atoms with Crippen molar-refractivity contribution < 1.29 is 14.3 Å². The zero-order valence-electron chi connectivity index (χ0n) is 27.9. The molecule has 1 aromatic heterocycles. The number of nitrogens with zero attached hydrogens (tertiary/aromatic N) is 6. The smallest absolute Gasteiger partial charge is 0.226 e. The second-order valence-corrected chi connectivity index (χ2v) is 13.5. The van der Waals surface area contributed by atoms with E-state index in [4.69, 9.17) is 14.5 Å². The van der Waals surface area contributed by atoms with Gasteiger partial charge in [0.15, 0.2) is 5.82 Å². The van der Waals surface area contributed by atoms with Gasteiger partial charge in [-0.05, 0) is 49.8 Å². The first-order valence-corrected chi connectivity index (χ1v) is 17.0. The normalized spacial score (nSPS) is 26.0. The second-order valence-electron chi connectivity index (χ2n) is 13.5. The molecular formula is C36H46N8O3. The summed E-state index contributed by atoms with van der Waals surface area (Å²) in [6.45, 7) is 15.5. The molecule has 3 unspecified atom stereocenters. The van der Waals surface area contributed by atoms with E-state index in [-0.39, 0.29) is 24.0 Å². The van der Waals surface area contributed by atoms with Crippen molar-refractivity contribution in [2.75, 3.05) is 51.3 Å². The number of nitriles is 1. The van der Waals surface area contributed by atoms with Gasteiger partial charge in [0.05, 0.1) is 31.4 Å². The first kappa shape index (κ1) is 32.7. The number of piperidine rings is 1. The number of hydrogen-bond acceptors (Lipinski definition) is 10. The van der Waals surface area contributed by atoms with Crippen LogP contribution in [0.25, 0.3) is 11.4 Å². The molecular weight excluding hydrogens is 592 g/mol. The number of rotatable bonds is 9. The van der Waals surface area contributed by atoms with Crippen LogP contribution >= 0.6 is 0 Å². The monoisotopic (exact) mass is 638 g/mol. The van der Waals surface area contributed by atoms with Crippen LogP contribution in [0.2, 0.25) is 0 Å². The van der Waals surface area contributed by atoms with Gasteiger partial charge in [-0.25, -0.2) is 9.97 Å². The highest BCUT2D eigenvalue weighted by Gasteiger charge is 2.37. The van der Waals surface area contributed by atoms with E-state index in [0.717, 1.165) is 45.8 Å². The molecule has 2 aromatic rings. The summed E-state index contributed by atoms with van der Waals surface area (Å²) in [5.41, 5.74) is 2.44. The minimum Gasteiger partial charge on any atom is -0.487 e. The third-order valence-electron chi connectivity index (χ3n) is 10.1. The predicted molar refractivity (Wildman–Crippen MR) is 179 cm³/mol. The van der Waals surface area contributed by atoms with Crippen molar-refractivity contribution in [3.63, 3.8) is 0 Å². The van der Waals surface area contributed by atoms with Crippen LogP contribution in [0.5, 0.6) is 5.75 Å². The summed E-state index contributed by atoms with van der Waals surface area (Å²) in [4.78, 5) is 30.3. The first-order chi connectivity index (χ1) is 22.8. The lowest BCUT2D eigenvalue weighted by atomic mass is 9.72. The molecule has 11 heteroatoms. The van der Waals surface area contributed by atoms with Gasteiger partial charge in [-0.2, -0.15) is 10.2 Å². The molecule has 3 saturated heterocycles. The van der Waals surface area contributed by atoms with E-state index < -0.39 is 0 Å². The van der Waals surface area contributed by atoms with Gasteiger partial charge >= 0.3 is 0 Å². The highest BCUT2D eigenvalue weighted by molar-refractivity contribution is 5.76. The maximum atomic E-state index is 11.5. The number of anilines is 1. The molecule has 3 aliphatic heterocycles. The third kappa shape index (κ3) is 7.53. The number of carbonyl (C=O) groups excluding carboxylic acids is 1. The first-order valence-electron chi connectivity index (χ1n) is 17.0. The van der Waals surface area contributed by atoms with Crippen molar-refractivity contribution in [2.45, 2.75) is 65.1 Å². The summed E-state index contributed by atoms with van der Waals surface area (Å²) in [7, 11) is 0. The molecule has 0 bridgehead atoms. The van der Waals surface area contributed by atoms with E-state index in [1.807, 2.05) is 6.07 Å². The zero-order valence-corrected chi connectivity index (χ0v) is 27.9. The van der Waals surface area contributed by atoms with Gasteiger partial charge in [-0.15, -0.1) is 0 Å². The van der Waals surface area contributed by atoms with Gasteiger partial charge in [-0.1, -0.05) is 32.6 Å². The quantitative estimate of drug-likeness (QED) is 0.393. The van der Waals surface area contributed by atoms with Crippen molar-refractivity contribution in [3.8, 4) is 35.0 Å². The molecule has 2 N–H and O–H groups in total. The number of ether oxygens (including phenoxy) is 2. The maximum absolute atomic E-state index is 11.5. The van der Waals surface area contributed by atoms with Crippen molar-refractivity contribution >= 4 is 11.9 Å². The van der Waals surface area contributed by atoms with Gasteiger partial charge in [0.1, 0.15) is 24.3 Å². The van der Waals surface area contributed by atoms with Gasteiger partial charge in [0.2, 0.25) is 11.9 Å². The van der Waals surface area contributed by atoms with Crippen LogP contribution in [-0.2, 0) is 9.53 Å². The van der Waals surface area contributed by atoms with Crippen molar-refractivity contribution in [3.05, 3.63) is 41.9 Å². The number of allylic oxidation sites excluding steroid dienone is 2. The summed E-state index contributed by atoms with van der Waals surface area (Å²) in [5, 5.41) is 16.2. The Labute approximate surface area is 278 Å². The standard InChI is InChI=1S/C36H46N8O3/c1-23(2)34-24(3)31(44-14-6-13-43(15-16-44)28-20-46-21-28)8-5-7-30(34)25(4)41-36-40-22-39-35(42-36)26-9-11-32(27(17-26)18-37)47-29-10-12-33(45)38-19-29/h8-9,11,17,22-25,28-30,34H,6,10,12-16,19-21H2,1-4H3,(H,38,45)(H,39,40,41,42)/t24?,25-,29-,30?,34?/m1/s1. The summed E-state index contributed by atoms with van der Waals surface area (Å²) in [6.07, 6.45) is 5.68. The average Bonchev–Trinajstić information content (AvgIpc) is 3.38. The van der Waals surface area contributed by atoms with E-state index in [2.05, 4.69) is 82.1 Å². The molecule has 0 radical (unpaired) electrons. The Morgan fingerprint density at radius 1 is 1.17 bits per heavy atom. The van der Waals surface area contributed by atoms with Gasteiger partial charge in [-0.3, -0.25) is 9.69 Å². The van der Waals surface area contributed by atoms with Crippen LogP contribution in [0.1, 0.15) is 52.5 Å². The highest BCUT2D eigenvalue weighted by atomic mass is 16.5. The Morgan fingerprint density at radius 2 is 2.02 bits per heavy atom. The Bertz CT molecular complexity index is 1560. The molecule has 4 aliphatic rings. The molecule has 0 saturated carbocycles. The van der Waals surface area contributed by atoms with Crippen molar-refractivity contribution in [2.24, 2.45) is 23.7 Å².